The van der Waals surface area contributed by atoms with E-state index < -0.39 is 16.6 Å². The van der Waals surface area contributed by atoms with Crippen LogP contribution in [0.1, 0.15) is 21.6 Å². The minimum absolute atomic E-state index is 0.0252. The summed E-state index contributed by atoms with van der Waals surface area (Å²) in [5, 5.41) is 22.7. The Kier molecular flexibility index (Phi) is 6.42. The van der Waals surface area contributed by atoms with Gasteiger partial charge in [-0.3, -0.25) is 9.36 Å². The Morgan fingerprint density at radius 1 is 1.24 bits per heavy atom. The smallest absolute Gasteiger partial charge is 0.416 e. The summed E-state index contributed by atoms with van der Waals surface area (Å²) in [5.74, 6) is -0.281. The number of alkyl halides is 3. The van der Waals surface area contributed by atoms with Gasteiger partial charge < -0.3 is 10.4 Å². The molecule has 0 saturated carbocycles. The summed E-state index contributed by atoms with van der Waals surface area (Å²) in [5.41, 5.74) is 0.182. The van der Waals surface area contributed by atoms with Gasteiger partial charge in [0.25, 0.3) is 0 Å². The molecule has 1 aromatic heterocycles. The lowest BCUT2D eigenvalue weighted by Crippen LogP contribution is -2.21. The molecule has 0 fully saturated rings. The summed E-state index contributed by atoms with van der Waals surface area (Å²) in [7, 11) is 1.71. The molecule has 6 nitrogen and oxygen atoms in total. The van der Waals surface area contributed by atoms with E-state index in [9.17, 15) is 23.1 Å². The average molecular weight is 495 g/mol. The van der Waals surface area contributed by atoms with E-state index in [1.807, 2.05) is 0 Å². The maximum atomic E-state index is 13.7. The molecule has 0 saturated heterocycles. The van der Waals surface area contributed by atoms with Crippen molar-refractivity contribution in [1.29, 1.82) is 0 Å². The third-order valence-electron chi connectivity index (χ3n) is 5.21. The van der Waals surface area contributed by atoms with Gasteiger partial charge in [-0.2, -0.15) is 23.4 Å². The fourth-order valence-electron chi connectivity index (χ4n) is 3.58. The van der Waals surface area contributed by atoms with E-state index in [4.69, 9.17) is 11.6 Å². The quantitative estimate of drug-likeness (QED) is 0.553. The van der Waals surface area contributed by atoms with Gasteiger partial charge in [0, 0.05) is 30.1 Å². The average Bonchev–Trinajstić information content (AvgIpc) is 3.34. The lowest BCUT2D eigenvalue weighted by Gasteiger charge is -2.15. The molecule has 0 unspecified atom stereocenters. The summed E-state index contributed by atoms with van der Waals surface area (Å²) >= 11 is 6.63. The summed E-state index contributed by atoms with van der Waals surface area (Å²) < 4.78 is 42.4. The van der Waals surface area contributed by atoms with Gasteiger partial charge in [0.15, 0.2) is 0 Å². The molecule has 0 amide bonds. The Labute approximate surface area is 195 Å². The van der Waals surface area contributed by atoms with E-state index in [0.29, 0.717) is 28.3 Å². The Hall–Kier alpha value is -2.95. The van der Waals surface area contributed by atoms with Crippen molar-refractivity contribution >= 4 is 34.7 Å². The van der Waals surface area contributed by atoms with Crippen LogP contribution in [-0.4, -0.2) is 29.5 Å². The summed E-state index contributed by atoms with van der Waals surface area (Å²) in [6.07, 6.45) is -3.26. The highest BCUT2D eigenvalue weighted by Crippen LogP contribution is 2.37. The van der Waals surface area contributed by atoms with Gasteiger partial charge in [0.05, 0.1) is 22.0 Å². The molecule has 0 aliphatic carbocycles. The number of hydrogen-bond acceptors (Lipinski definition) is 6. The molecule has 4 rings (SSSR count). The number of hydrogen-bond donors (Lipinski definition) is 2. The molecular formula is C22H18ClF3N4O2S. The first-order chi connectivity index (χ1) is 15.7. The molecule has 2 heterocycles. The summed E-state index contributed by atoms with van der Waals surface area (Å²) in [6, 6.07) is 8.70. The zero-order valence-corrected chi connectivity index (χ0v) is 18.9. The lowest BCUT2D eigenvalue weighted by molar-refractivity contribution is -0.138. The van der Waals surface area contributed by atoms with Gasteiger partial charge in [-0.15, -0.1) is 0 Å². The van der Waals surface area contributed by atoms with Crippen molar-refractivity contribution in [3.05, 3.63) is 83.2 Å². The van der Waals surface area contributed by atoms with Crippen LogP contribution < -0.4 is 20.8 Å². The number of likely N-dealkylation sites (N-methyl/N-ethyl adjacent to an activating group) is 1. The van der Waals surface area contributed by atoms with Crippen LogP contribution in [0, 0.1) is 0 Å². The molecule has 3 aromatic rings. The molecule has 2 N–H and O–H groups in total. The Balaban J connectivity index is 1.95. The SMILES string of the molecule is CNCCn1c(O)c(C(Cc2ccc(Cl)cc2C(F)(F)F)=c2ccc3c(c2)C=NN=3)sc1=O. The first-order valence-electron chi connectivity index (χ1n) is 9.86. The maximum absolute atomic E-state index is 13.7. The molecule has 0 spiro atoms. The van der Waals surface area contributed by atoms with Gasteiger partial charge in [-0.1, -0.05) is 35.1 Å². The highest BCUT2D eigenvalue weighted by atomic mass is 35.5. The molecule has 11 heteroatoms. The fraction of sp³-hybridized carbons (Fsp3) is 0.227. The van der Waals surface area contributed by atoms with Crippen LogP contribution in [0.25, 0.3) is 5.57 Å². The Morgan fingerprint density at radius 3 is 2.76 bits per heavy atom. The minimum atomic E-state index is -4.62. The standard InChI is InChI=1S/C22H18ClF3N4O2S/c1-27-6-7-30-20(31)19(33-21(30)32)16(12-3-5-18-14(8-12)11-28-29-18)9-13-2-4-15(23)10-17(13)22(24,25)26/h2-5,8,10-11,27,31H,6-7,9H2,1H3. The number of halogens is 4. The van der Waals surface area contributed by atoms with Crippen molar-refractivity contribution in [2.24, 2.45) is 10.2 Å². The number of nitrogens with zero attached hydrogens (tertiary/aromatic N) is 3. The van der Waals surface area contributed by atoms with Gasteiger partial charge in [0.2, 0.25) is 5.88 Å². The van der Waals surface area contributed by atoms with Crippen molar-refractivity contribution in [2.75, 3.05) is 13.6 Å². The Morgan fingerprint density at radius 2 is 2.03 bits per heavy atom. The van der Waals surface area contributed by atoms with Gasteiger partial charge in [0.1, 0.15) is 0 Å². The van der Waals surface area contributed by atoms with Gasteiger partial charge in [-0.05, 0) is 47.7 Å². The predicted octanol–water partition coefficient (Wildman–Crippen LogP) is 2.92. The van der Waals surface area contributed by atoms with Gasteiger partial charge in [-0.25, -0.2) is 0 Å². The fourth-order valence-corrected chi connectivity index (χ4v) is 4.72. The normalized spacial score (nSPS) is 13.7. The van der Waals surface area contributed by atoms with E-state index in [0.717, 1.165) is 17.4 Å². The maximum Gasteiger partial charge on any atom is 0.416 e. The third-order valence-corrected chi connectivity index (χ3v) is 6.47. The van der Waals surface area contributed by atoms with Crippen LogP contribution in [0.3, 0.4) is 0 Å². The monoisotopic (exact) mass is 494 g/mol. The van der Waals surface area contributed by atoms with E-state index in [-0.39, 0.29) is 34.3 Å². The second-order valence-corrected chi connectivity index (χ2v) is 8.75. The van der Waals surface area contributed by atoms with E-state index in [1.165, 1.54) is 16.7 Å². The number of aromatic nitrogens is 1. The van der Waals surface area contributed by atoms with Crippen LogP contribution in [0.5, 0.6) is 5.88 Å². The van der Waals surface area contributed by atoms with Crippen LogP contribution >= 0.6 is 22.9 Å². The lowest BCUT2D eigenvalue weighted by atomic mass is 9.96. The molecule has 172 valence electrons. The van der Waals surface area contributed by atoms with Crippen LogP contribution in [-0.2, 0) is 19.1 Å². The minimum Gasteiger partial charge on any atom is -0.493 e. The zero-order valence-electron chi connectivity index (χ0n) is 17.3. The van der Waals surface area contributed by atoms with Crippen molar-refractivity contribution in [3.63, 3.8) is 0 Å². The number of fused-ring (bicyclic) bond motifs is 1. The van der Waals surface area contributed by atoms with Crippen molar-refractivity contribution in [3.8, 4) is 5.88 Å². The summed E-state index contributed by atoms with van der Waals surface area (Å²) in [4.78, 5) is 12.4. The highest BCUT2D eigenvalue weighted by Gasteiger charge is 2.34. The first-order valence-corrected chi connectivity index (χ1v) is 11.1. The number of nitrogens with one attached hydrogen (secondary N) is 1. The molecule has 2 aromatic carbocycles. The van der Waals surface area contributed by atoms with E-state index in [2.05, 4.69) is 15.5 Å². The summed E-state index contributed by atoms with van der Waals surface area (Å²) in [6.45, 7) is 0.653. The second-order valence-electron chi connectivity index (χ2n) is 7.35. The third kappa shape index (κ3) is 4.73. The van der Waals surface area contributed by atoms with Crippen LogP contribution in [0.2, 0.25) is 5.02 Å². The van der Waals surface area contributed by atoms with E-state index in [1.54, 1.807) is 31.5 Å². The molecule has 1 aliphatic heterocycles. The molecule has 0 radical (unpaired) electrons. The highest BCUT2D eigenvalue weighted by molar-refractivity contribution is 7.10. The van der Waals surface area contributed by atoms with Crippen molar-refractivity contribution in [1.82, 2.24) is 9.88 Å². The van der Waals surface area contributed by atoms with Crippen LogP contribution in [0.15, 0.2) is 51.4 Å². The first kappa shape index (κ1) is 23.2. The van der Waals surface area contributed by atoms with Crippen molar-refractivity contribution in [2.45, 2.75) is 19.1 Å². The van der Waals surface area contributed by atoms with Crippen molar-refractivity contribution < 1.29 is 18.3 Å². The van der Waals surface area contributed by atoms with Gasteiger partial charge >= 0.3 is 11.0 Å². The zero-order chi connectivity index (χ0) is 23.8. The van der Waals surface area contributed by atoms with E-state index >= 15 is 0 Å². The van der Waals surface area contributed by atoms with Crippen LogP contribution in [0.4, 0.5) is 13.2 Å². The predicted molar refractivity (Wildman–Crippen MR) is 122 cm³/mol. The largest absolute Gasteiger partial charge is 0.493 e. The number of rotatable bonds is 6. The number of benzene rings is 2. The molecule has 0 atom stereocenters. The Bertz CT molecular complexity index is 1430. The molecule has 33 heavy (non-hydrogen) atoms. The second kappa shape index (κ2) is 9.12. The number of aromatic hydroxyl groups is 1. The number of thiazole rings is 1. The molecular weight excluding hydrogens is 477 g/mol. The topological polar surface area (TPSA) is 79.0 Å². The molecule has 0 bridgehead atoms. The molecule has 1 aliphatic rings.